The largest absolute Gasteiger partial charge is 0.352 e. The lowest BCUT2D eigenvalue weighted by atomic mass is 10.1. The minimum Gasteiger partial charge on any atom is -0.352 e. The molecular weight excluding hydrogens is 152 g/mol. The SMILES string of the molecule is [O]COCCCc1ccccc1. The third kappa shape index (κ3) is 3.51. The van der Waals surface area contributed by atoms with Crippen LogP contribution in [0.3, 0.4) is 0 Å². The molecule has 1 rings (SSSR count). The summed E-state index contributed by atoms with van der Waals surface area (Å²) < 4.78 is 4.70. The van der Waals surface area contributed by atoms with Crippen molar-refractivity contribution in [1.29, 1.82) is 0 Å². The van der Waals surface area contributed by atoms with Crippen LogP contribution in [0.25, 0.3) is 0 Å². The van der Waals surface area contributed by atoms with Crippen LogP contribution in [-0.2, 0) is 16.3 Å². The van der Waals surface area contributed by atoms with Gasteiger partial charge >= 0.3 is 0 Å². The number of aryl methyl sites for hydroxylation is 1. The zero-order chi connectivity index (χ0) is 8.65. The number of hydrogen-bond acceptors (Lipinski definition) is 1. The van der Waals surface area contributed by atoms with E-state index in [4.69, 9.17) is 4.74 Å². The molecule has 0 spiro atoms. The summed E-state index contributed by atoms with van der Waals surface area (Å²) in [4.78, 5) is 0. The molecule has 2 nitrogen and oxygen atoms in total. The normalized spacial score (nSPS) is 10.1. The van der Waals surface area contributed by atoms with Gasteiger partial charge in [0.1, 0.15) is 0 Å². The van der Waals surface area contributed by atoms with E-state index in [1.807, 2.05) is 18.2 Å². The zero-order valence-electron chi connectivity index (χ0n) is 7.03. The molecule has 12 heavy (non-hydrogen) atoms. The summed E-state index contributed by atoms with van der Waals surface area (Å²) in [7, 11) is 0. The lowest BCUT2D eigenvalue weighted by Gasteiger charge is -1.99. The van der Waals surface area contributed by atoms with Crippen LogP contribution in [-0.4, -0.2) is 13.4 Å². The first-order valence-electron chi connectivity index (χ1n) is 4.13. The predicted octanol–water partition coefficient (Wildman–Crippen LogP) is 2.02. The van der Waals surface area contributed by atoms with Gasteiger partial charge in [0, 0.05) is 6.61 Å². The summed E-state index contributed by atoms with van der Waals surface area (Å²) in [6.07, 6.45) is 1.91. The fourth-order valence-electron chi connectivity index (χ4n) is 1.08. The Balaban J connectivity index is 2.16. The Morgan fingerprint density at radius 1 is 1.17 bits per heavy atom. The van der Waals surface area contributed by atoms with Gasteiger partial charge in [0.05, 0.1) is 0 Å². The monoisotopic (exact) mass is 165 g/mol. The van der Waals surface area contributed by atoms with Crippen molar-refractivity contribution in [3.63, 3.8) is 0 Å². The average molecular weight is 165 g/mol. The van der Waals surface area contributed by atoms with E-state index in [0.29, 0.717) is 6.61 Å². The van der Waals surface area contributed by atoms with Gasteiger partial charge in [-0.25, -0.2) is 5.11 Å². The lowest BCUT2D eigenvalue weighted by molar-refractivity contribution is -0.0441. The Bertz CT molecular complexity index is 196. The first-order chi connectivity index (χ1) is 5.93. The third-order valence-electron chi connectivity index (χ3n) is 1.68. The maximum absolute atomic E-state index is 9.92. The van der Waals surface area contributed by atoms with Gasteiger partial charge in [-0.2, -0.15) is 0 Å². The molecule has 0 saturated carbocycles. The van der Waals surface area contributed by atoms with Crippen LogP contribution in [0.5, 0.6) is 0 Å². The molecule has 2 heteroatoms. The molecule has 0 aliphatic rings. The van der Waals surface area contributed by atoms with Crippen molar-refractivity contribution >= 4 is 0 Å². The van der Waals surface area contributed by atoms with Crippen LogP contribution in [0.4, 0.5) is 0 Å². The topological polar surface area (TPSA) is 29.1 Å². The molecule has 1 aromatic carbocycles. The van der Waals surface area contributed by atoms with E-state index < -0.39 is 6.79 Å². The van der Waals surface area contributed by atoms with Crippen molar-refractivity contribution in [3.05, 3.63) is 35.9 Å². The molecule has 0 aliphatic carbocycles. The zero-order valence-corrected chi connectivity index (χ0v) is 7.03. The Morgan fingerprint density at radius 3 is 2.58 bits per heavy atom. The van der Waals surface area contributed by atoms with Crippen molar-refractivity contribution in [1.82, 2.24) is 0 Å². The van der Waals surface area contributed by atoms with E-state index in [1.54, 1.807) is 0 Å². The molecule has 0 fully saturated rings. The second-order valence-corrected chi connectivity index (χ2v) is 2.62. The summed E-state index contributed by atoms with van der Waals surface area (Å²) in [5, 5.41) is 9.92. The summed E-state index contributed by atoms with van der Waals surface area (Å²) >= 11 is 0. The lowest BCUT2D eigenvalue weighted by Crippen LogP contribution is -1.96. The molecule has 65 valence electrons. The van der Waals surface area contributed by atoms with E-state index in [9.17, 15) is 5.11 Å². The molecule has 0 aromatic heterocycles. The number of rotatable bonds is 5. The minimum absolute atomic E-state index is 0.422. The van der Waals surface area contributed by atoms with Gasteiger partial charge in [0.2, 0.25) is 0 Å². The van der Waals surface area contributed by atoms with Crippen molar-refractivity contribution in [2.24, 2.45) is 0 Å². The smallest absolute Gasteiger partial charge is 0.180 e. The number of hydrogen-bond donors (Lipinski definition) is 0. The van der Waals surface area contributed by atoms with Gasteiger partial charge in [-0.05, 0) is 18.4 Å². The van der Waals surface area contributed by atoms with E-state index in [1.165, 1.54) is 5.56 Å². The molecule has 0 heterocycles. The maximum atomic E-state index is 9.92. The van der Waals surface area contributed by atoms with E-state index in [2.05, 4.69) is 12.1 Å². The summed E-state index contributed by atoms with van der Waals surface area (Å²) in [5.41, 5.74) is 1.30. The highest BCUT2D eigenvalue weighted by atomic mass is 16.6. The highest BCUT2D eigenvalue weighted by Crippen LogP contribution is 2.01. The van der Waals surface area contributed by atoms with Crippen LogP contribution in [0.15, 0.2) is 30.3 Å². The highest BCUT2D eigenvalue weighted by Gasteiger charge is 1.91. The Morgan fingerprint density at radius 2 is 1.92 bits per heavy atom. The number of ether oxygens (including phenoxy) is 1. The average Bonchev–Trinajstić information content (AvgIpc) is 2.14. The fraction of sp³-hybridized carbons (Fsp3) is 0.400. The first kappa shape index (κ1) is 9.23. The molecule has 0 bridgehead atoms. The second kappa shape index (κ2) is 5.75. The van der Waals surface area contributed by atoms with Crippen molar-refractivity contribution in [2.75, 3.05) is 13.4 Å². The molecule has 0 amide bonds. The van der Waals surface area contributed by atoms with Crippen LogP contribution >= 0.6 is 0 Å². The summed E-state index contributed by atoms with van der Waals surface area (Å²) in [6.45, 7) is 0.146. The standard InChI is InChI=1S/C10H13O2/c11-9-12-8-4-7-10-5-2-1-3-6-10/h1-3,5-6H,4,7-9H2. The Labute approximate surface area is 72.8 Å². The van der Waals surface area contributed by atoms with Gasteiger partial charge in [-0.3, -0.25) is 0 Å². The minimum atomic E-state index is -0.422. The van der Waals surface area contributed by atoms with E-state index >= 15 is 0 Å². The fourth-order valence-corrected chi connectivity index (χ4v) is 1.08. The van der Waals surface area contributed by atoms with Crippen LogP contribution < -0.4 is 0 Å². The molecular formula is C10H13O2. The van der Waals surface area contributed by atoms with Crippen molar-refractivity contribution in [2.45, 2.75) is 12.8 Å². The summed E-state index contributed by atoms with van der Waals surface area (Å²) in [5.74, 6) is 0. The van der Waals surface area contributed by atoms with Crippen LogP contribution in [0, 0.1) is 0 Å². The van der Waals surface area contributed by atoms with Gasteiger partial charge in [-0.15, -0.1) is 0 Å². The quantitative estimate of drug-likeness (QED) is 0.484. The molecule has 0 unspecified atom stereocenters. The molecule has 0 atom stereocenters. The first-order valence-corrected chi connectivity index (χ1v) is 4.13. The second-order valence-electron chi connectivity index (χ2n) is 2.62. The molecule has 0 aliphatic heterocycles. The van der Waals surface area contributed by atoms with Crippen molar-refractivity contribution in [3.8, 4) is 0 Å². The molecule has 1 radical (unpaired) electrons. The molecule has 0 saturated heterocycles. The Hall–Kier alpha value is -0.860. The number of benzene rings is 1. The van der Waals surface area contributed by atoms with Crippen LogP contribution in [0.2, 0.25) is 0 Å². The van der Waals surface area contributed by atoms with E-state index in [-0.39, 0.29) is 0 Å². The van der Waals surface area contributed by atoms with Gasteiger partial charge in [-0.1, -0.05) is 30.3 Å². The van der Waals surface area contributed by atoms with Crippen LogP contribution in [0.1, 0.15) is 12.0 Å². The van der Waals surface area contributed by atoms with Gasteiger partial charge in [0.15, 0.2) is 6.79 Å². The van der Waals surface area contributed by atoms with E-state index in [0.717, 1.165) is 12.8 Å². The molecule has 0 N–H and O–H groups in total. The van der Waals surface area contributed by atoms with Gasteiger partial charge in [0.25, 0.3) is 0 Å². The maximum Gasteiger partial charge on any atom is 0.180 e. The third-order valence-corrected chi connectivity index (χ3v) is 1.68. The summed E-state index contributed by atoms with van der Waals surface area (Å²) in [6, 6.07) is 10.2. The van der Waals surface area contributed by atoms with Gasteiger partial charge < -0.3 is 4.74 Å². The molecule has 1 aromatic rings. The Kier molecular flexibility index (Phi) is 4.42. The predicted molar refractivity (Wildman–Crippen MR) is 46.3 cm³/mol. The highest BCUT2D eigenvalue weighted by molar-refractivity contribution is 5.14. The van der Waals surface area contributed by atoms with Crippen molar-refractivity contribution < 1.29 is 9.84 Å².